The number of pyridine rings is 1. The zero-order valence-corrected chi connectivity index (χ0v) is 6.41. The monoisotopic (exact) mass is 159 g/mol. The predicted molar refractivity (Wildman–Crippen MR) is 53.2 cm³/mol. The van der Waals surface area contributed by atoms with Gasteiger partial charge < -0.3 is 0 Å². The van der Waals surface area contributed by atoms with E-state index in [0.29, 0.717) is 0 Å². The fraction of sp³-hybridized carbons (Fsp3) is 0.182. The van der Waals surface area contributed by atoms with Gasteiger partial charge in [0.05, 0.1) is 5.52 Å². The lowest BCUT2D eigenvalue weighted by Gasteiger charge is -1.95. The third-order valence-corrected chi connectivity index (χ3v) is 1.76. The van der Waals surface area contributed by atoms with E-state index < -0.39 is 0 Å². The van der Waals surface area contributed by atoms with Crippen molar-refractivity contribution in [3.63, 3.8) is 0 Å². The summed E-state index contributed by atoms with van der Waals surface area (Å²) in [5, 5.41) is 1.22. The van der Waals surface area contributed by atoms with Crippen LogP contribution in [0.15, 0.2) is 36.5 Å². The molecule has 0 aliphatic carbocycles. The number of hydrogen-bond donors (Lipinski definition) is 0. The minimum atomic E-state index is 0. The molecule has 0 radical (unpaired) electrons. The molecule has 0 spiro atoms. The van der Waals surface area contributed by atoms with Crippen LogP contribution < -0.4 is 0 Å². The highest BCUT2D eigenvalue weighted by Gasteiger charge is 1.90. The van der Waals surface area contributed by atoms with Crippen molar-refractivity contribution >= 4 is 10.9 Å². The number of nitrogens with zero attached hydrogens (tertiary/aromatic N) is 1. The first-order valence-corrected chi connectivity index (χ1v) is 3.68. The Morgan fingerprint density at radius 3 is 2.83 bits per heavy atom. The summed E-state index contributed by atoms with van der Waals surface area (Å²) < 4.78 is 0. The molecule has 12 heavy (non-hydrogen) atoms. The highest BCUT2D eigenvalue weighted by molar-refractivity contribution is 5.78. The molecule has 0 N–H and O–H groups in total. The van der Waals surface area contributed by atoms with E-state index >= 15 is 0 Å². The first kappa shape index (κ1) is 8.72. The van der Waals surface area contributed by atoms with Crippen molar-refractivity contribution in [2.24, 2.45) is 0 Å². The van der Waals surface area contributed by atoms with Crippen LogP contribution in [0.5, 0.6) is 0 Å². The second-order valence-electron chi connectivity index (χ2n) is 2.70. The van der Waals surface area contributed by atoms with Gasteiger partial charge in [-0.25, -0.2) is 0 Å². The van der Waals surface area contributed by atoms with Crippen LogP contribution in [0.3, 0.4) is 0 Å². The number of benzene rings is 1. The summed E-state index contributed by atoms with van der Waals surface area (Å²) >= 11 is 0. The van der Waals surface area contributed by atoms with Crippen molar-refractivity contribution in [3.05, 3.63) is 42.1 Å². The van der Waals surface area contributed by atoms with Gasteiger partial charge in [0.25, 0.3) is 0 Å². The molecule has 62 valence electrons. The summed E-state index contributed by atoms with van der Waals surface area (Å²) in [6.45, 7) is 2.09. The lowest BCUT2D eigenvalue weighted by molar-refractivity contribution is 1.39. The number of aryl methyl sites for hydroxylation is 1. The van der Waals surface area contributed by atoms with Crippen molar-refractivity contribution < 1.29 is 0 Å². The van der Waals surface area contributed by atoms with Gasteiger partial charge in [-0.3, -0.25) is 4.98 Å². The third kappa shape index (κ3) is 1.45. The van der Waals surface area contributed by atoms with Gasteiger partial charge >= 0.3 is 0 Å². The molecule has 1 heterocycles. The maximum Gasteiger partial charge on any atom is 0.0702 e. The largest absolute Gasteiger partial charge is 0.256 e. The first-order valence-electron chi connectivity index (χ1n) is 3.68. The quantitative estimate of drug-likeness (QED) is 0.575. The minimum Gasteiger partial charge on any atom is -0.256 e. The van der Waals surface area contributed by atoms with Gasteiger partial charge in [0.1, 0.15) is 0 Å². The summed E-state index contributed by atoms with van der Waals surface area (Å²) in [5.41, 5.74) is 2.35. The molecule has 0 bridgehead atoms. The molecule has 1 nitrogen and oxygen atoms in total. The molecule has 0 saturated heterocycles. The second kappa shape index (κ2) is 3.35. The van der Waals surface area contributed by atoms with Gasteiger partial charge in [-0.05, 0) is 25.1 Å². The molecule has 0 fully saturated rings. The van der Waals surface area contributed by atoms with E-state index in [1.807, 2.05) is 18.3 Å². The Bertz CT molecular complexity index is 379. The van der Waals surface area contributed by atoms with Gasteiger partial charge in [0.15, 0.2) is 0 Å². The first-order chi connectivity index (χ1) is 5.36. The van der Waals surface area contributed by atoms with Crippen molar-refractivity contribution in [1.29, 1.82) is 0 Å². The highest BCUT2D eigenvalue weighted by Crippen LogP contribution is 2.11. The van der Waals surface area contributed by atoms with Crippen LogP contribution in [0, 0.1) is 6.92 Å². The van der Waals surface area contributed by atoms with Crippen LogP contribution >= 0.6 is 0 Å². The van der Waals surface area contributed by atoms with E-state index in [4.69, 9.17) is 0 Å². The molecule has 0 amide bonds. The molecule has 0 aliphatic heterocycles. The van der Waals surface area contributed by atoms with Crippen molar-refractivity contribution in [2.45, 2.75) is 14.4 Å². The van der Waals surface area contributed by atoms with E-state index in [0.717, 1.165) is 5.52 Å². The lowest BCUT2D eigenvalue weighted by Crippen LogP contribution is -1.77. The normalized spacial score (nSPS) is 9.42. The maximum absolute atomic E-state index is 4.22. The Hall–Kier alpha value is -1.37. The van der Waals surface area contributed by atoms with Crippen LogP contribution in [0.4, 0.5) is 0 Å². The van der Waals surface area contributed by atoms with Gasteiger partial charge in [0, 0.05) is 11.6 Å². The molecule has 1 heteroatoms. The molecule has 2 aromatic rings. The number of aromatic nitrogens is 1. The summed E-state index contributed by atoms with van der Waals surface area (Å²) in [6, 6.07) is 10.3. The Kier molecular flexibility index (Phi) is 2.44. The molecule has 2 rings (SSSR count). The molecule has 0 unspecified atom stereocenters. The SMILES string of the molecule is C.Cc1ccc2ncccc2c1. The highest BCUT2D eigenvalue weighted by atomic mass is 14.6. The van der Waals surface area contributed by atoms with Gasteiger partial charge in [-0.2, -0.15) is 0 Å². The zero-order valence-electron chi connectivity index (χ0n) is 6.41. The van der Waals surface area contributed by atoms with E-state index in [1.54, 1.807) is 0 Å². The van der Waals surface area contributed by atoms with Crippen molar-refractivity contribution in [3.8, 4) is 0 Å². The molecule has 0 saturated carbocycles. The number of hydrogen-bond acceptors (Lipinski definition) is 1. The minimum absolute atomic E-state index is 0. The molecule has 0 atom stereocenters. The number of rotatable bonds is 0. The van der Waals surface area contributed by atoms with Gasteiger partial charge in [-0.1, -0.05) is 25.1 Å². The molecular formula is C11H13N. The van der Waals surface area contributed by atoms with Crippen LogP contribution in [-0.4, -0.2) is 4.98 Å². The van der Waals surface area contributed by atoms with Crippen LogP contribution in [0.25, 0.3) is 10.9 Å². The van der Waals surface area contributed by atoms with Crippen LogP contribution in [-0.2, 0) is 0 Å². The lowest BCUT2D eigenvalue weighted by atomic mass is 10.1. The van der Waals surface area contributed by atoms with Gasteiger partial charge in [0.2, 0.25) is 0 Å². The Morgan fingerprint density at radius 1 is 1.17 bits per heavy atom. The average molecular weight is 159 g/mol. The van der Waals surface area contributed by atoms with E-state index in [9.17, 15) is 0 Å². The average Bonchev–Trinajstić information content (AvgIpc) is 2.04. The van der Waals surface area contributed by atoms with Crippen molar-refractivity contribution in [1.82, 2.24) is 4.98 Å². The molecular weight excluding hydrogens is 146 g/mol. The standard InChI is InChI=1S/C10H9N.CH4/c1-8-4-5-10-9(7-8)3-2-6-11-10;/h2-7H,1H3;1H4. The fourth-order valence-corrected chi connectivity index (χ4v) is 1.20. The van der Waals surface area contributed by atoms with E-state index in [2.05, 4.69) is 30.1 Å². The molecule has 1 aromatic heterocycles. The summed E-state index contributed by atoms with van der Waals surface area (Å²) in [5.74, 6) is 0. The van der Waals surface area contributed by atoms with Gasteiger partial charge in [-0.15, -0.1) is 0 Å². The van der Waals surface area contributed by atoms with Crippen LogP contribution in [0.1, 0.15) is 13.0 Å². The number of fused-ring (bicyclic) bond motifs is 1. The van der Waals surface area contributed by atoms with E-state index in [1.165, 1.54) is 10.9 Å². The fourth-order valence-electron chi connectivity index (χ4n) is 1.20. The third-order valence-electron chi connectivity index (χ3n) is 1.76. The Morgan fingerprint density at radius 2 is 2.00 bits per heavy atom. The second-order valence-corrected chi connectivity index (χ2v) is 2.70. The smallest absolute Gasteiger partial charge is 0.0702 e. The Labute approximate surface area is 73.1 Å². The molecule has 0 aliphatic rings. The Balaban J connectivity index is 0.000000720. The predicted octanol–water partition coefficient (Wildman–Crippen LogP) is 3.18. The zero-order chi connectivity index (χ0) is 7.68. The molecule has 1 aromatic carbocycles. The van der Waals surface area contributed by atoms with Crippen molar-refractivity contribution in [2.75, 3.05) is 0 Å². The van der Waals surface area contributed by atoms with Crippen LogP contribution in [0.2, 0.25) is 0 Å². The summed E-state index contributed by atoms with van der Waals surface area (Å²) in [6.07, 6.45) is 1.82. The van der Waals surface area contributed by atoms with E-state index in [-0.39, 0.29) is 7.43 Å². The summed E-state index contributed by atoms with van der Waals surface area (Å²) in [7, 11) is 0. The summed E-state index contributed by atoms with van der Waals surface area (Å²) in [4.78, 5) is 4.22. The topological polar surface area (TPSA) is 12.9 Å². The maximum atomic E-state index is 4.22.